The van der Waals surface area contributed by atoms with Crippen molar-refractivity contribution in [2.24, 2.45) is 0 Å². The largest absolute Gasteiger partial charge is 0.466 e. The fourth-order valence-electron chi connectivity index (χ4n) is 4.24. The van der Waals surface area contributed by atoms with Gasteiger partial charge in [0.1, 0.15) is 17.3 Å². The molecular formula is C25H28F3NO2. The standard InChI is InChI=1S/C25H28F3NO2/c1-15-6-8-19-18(10-15)11-16(2)29(14-25(3,4)28)24(19)23-20(26)12-17(13-21(23)27)7-9-22(30)31-5/h6-10,12-13,16,24H,11,14H2,1-5H3/b9-7+. The van der Waals surface area contributed by atoms with Crippen molar-refractivity contribution < 1.29 is 22.7 Å². The molecule has 0 fully saturated rings. The number of alkyl halides is 1. The van der Waals surface area contributed by atoms with Gasteiger partial charge in [0.05, 0.1) is 13.2 Å². The first-order valence-corrected chi connectivity index (χ1v) is 10.3. The first kappa shape index (κ1) is 23.1. The average Bonchev–Trinajstić information content (AvgIpc) is 2.66. The lowest BCUT2D eigenvalue weighted by molar-refractivity contribution is -0.134. The lowest BCUT2D eigenvalue weighted by atomic mass is 9.83. The summed E-state index contributed by atoms with van der Waals surface area (Å²) in [6.45, 7) is 6.90. The molecule has 1 aliphatic heterocycles. The van der Waals surface area contributed by atoms with Crippen molar-refractivity contribution in [2.45, 2.75) is 51.9 Å². The normalized spacial score (nSPS) is 19.5. The molecule has 0 radical (unpaired) electrons. The molecule has 3 rings (SSSR count). The Morgan fingerprint density at radius 3 is 2.45 bits per heavy atom. The minimum Gasteiger partial charge on any atom is -0.466 e. The van der Waals surface area contributed by atoms with Crippen LogP contribution in [0.5, 0.6) is 0 Å². The highest BCUT2D eigenvalue weighted by molar-refractivity contribution is 5.86. The second-order valence-electron chi connectivity index (χ2n) is 8.80. The number of hydrogen-bond acceptors (Lipinski definition) is 3. The van der Waals surface area contributed by atoms with E-state index in [2.05, 4.69) is 4.74 Å². The van der Waals surface area contributed by atoms with Crippen LogP contribution in [0.4, 0.5) is 13.2 Å². The number of rotatable bonds is 5. The minimum absolute atomic E-state index is 0.0367. The summed E-state index contributed by atoms with van der Waals surface area (Å²) < 4.78 is 49.8. The Morgan fingerprint density at radius 1 is 1.23 bits per heavy atom. The van der Waals surface area contributed by atoms with E-state index in [0.29, 0.717) is 6.42 Å². The van der Waals surface area contributed by atoms with E-state index in [1.807, 2.05) is 36.9 Å². The monoisotopic (exact) mass is 431 g/mol. The predicted molar refractivity (Wildman–Crippen MR) is 115 cm³/mol. The van der Waals surface area contributed by atoms with Crippen LogP contribution in [0.25, 0.3) is 6.08 Å². The van der Waals surface area contributed by atoms with Crippen LogP contribution in [0.1, 0.15) is 54.6 Å². The van der Waals surface area contributed by atoms with Crippen LogP contribution in [0, 0.1) is 18.6 Å². The molecule has 0 bridgehead atoms. The number of fused-ring (bicyclic) bond motifs is 1. The summed E-state index contributed by atoms with van der Waals surface area (Å²) >= 11 is 0. The summed E-state index contributed by atoms with van der Waals surface area (Å²) in [5, 5.41) is 0. The molecular weight excluding hydrogens is 403 g/mol. The van der Waals surface area contributed by atoms with E-state index in [9.17, 15) is 9.18 Å². The molecule has 2 unspecified atom stereocenters. The SMILES string of the molecule is COC(=O)/C=C/c1cc(F)c(C2c3ccc(C)cc3CC(C)N2CC(C)(C)F)c(F)c1. The zero-order valence-electron chi connectivity index (χ0n) is 18.5. The van der Waals surface area contributed by atoms with Crippen molar-refractivity contribution in [3.63, 3.8) is 0 Å². The molecule has 0 N–H and O–H groups in total. The lowest BCUT2D eigenvalue weighted by Gasteiger charge is -2.44. The molecule has 6 heteroatoms. The topological polar surface area (TPSA) is 29.5 Å². The number of halogens is 3. The van der Waals surface area contributed by atoms with Crippen LogP contribution in [0.2, 0.25) is 0 Å². The average molecular weight is 431 g/mol. The maximum atomic E-state index is 15.3. The van der Waals surface area contributed by atoms with Crippen LogP contribution >= 0.6 is 0 Å². The fourth-order valence-corrected chi connectivity index (χ4v) is 4.24. The Morgan fingerprint density at radius 2 is 1.87 bits per heavy atom. The third-order valence-electron chi connectivity index (χ3n) is 5.55. The molecule has 0 amide bonds. The number of aryl methyl sites for hydroxylation is 1. The van der Waals surface area contributed by atoms with Gasteiger partial charge in [-0.3, -0.25) is 4.90 Å². The number of methoxy groups -OCH3 is 1. The van der Waals surface area contributed by atoms with Gasteiger partial charge in [0.15, 0.2) is 0 Å². The Balaban J connectivity index is 2.14. The molecule has 166 valence electrons. The van der Waals surface area contributed by atoms with Gasteiger partial charge >= 0.3 is 5.97 Å². The Hall–Kier alpha value is -2.60. The van der Waals surface area contributed by atoms with E-state index in [0.717, 1.165) is 22.8 Å². The summed E-state index contributed by atoms with van der Waals surface area (Å²) in [4.78, 5) is 13.1. The maximum absolute atomic E-state index is 15.3. The molecule has 0 aliphatic carbocycles. The number of esters is 1. The molecule has 2 aromatic rings. The molecule has 0 saturated carbocycles. The Kier molecular flexibility index (Phi) is 6.60. The number of nitrogens with zero attached hydrogens (tertiary/aromatic N) is 1. The van der Waals surface area contributed by atoms with Crippen molar-refractivity contribution in [3.05, 3.63) is 75.9 Å². The quantitative estimate of drug-likeness (QED) is 0.460. The van der Waals surface area contributed by atoms with E-state index >= 15 is 8.78 Å². The molecule has 0 spiro atoms. The van der Waals surface area contributed by atoms with Crippen molar-refractivity contribution >= 4 is 12.0 Å². The van der Waals surface area contributed by atoms with E-state index < -0.39 is 29.3 Å². The van der Waals surface area contributed by atoms with Crippen molar-refractivity contribution in [1.29, 1.82) is 0 Å². The van der Waals surface area contributed by atoms with Gasteiger partial charge < -0.3 is 4.74 Å². The van der Waals surface area contributed by atoms with Gasteiger partial charge in [0.2, 0.25) is 0 Å². The fraction of sp³-hybridized carbons (Fsp3) is 0.400. The summed E-state index contributed by atoms with van der Waals surface area (Å²) in [6.07, 6.45) is 3.07. The molecule has 0 saturated heterocycles. The molecule has 3 nitrogen and oxygen atoms in total. The second kappa shape index (κ2) is 8.87. The number of benzene rings is 2. The van der Waals surface area contributed by atoms with Gasteiger partial charge in [0.25, 0.3) is 0 Å². The minimum atomic E-state index is -1.54. The first-order valence-electron chi connectivity index (χ1n) is 10.3. The van der Waals surface area contributed by atoms with Gasteiger partial charge in [-0.25, -0.2) is 18.0 Å². The lowest BCUT2D eigenvalue weighted by Crippen LogP contribution is -2.48. The maximum Gasteiger partial charge on any atom is 0.330 e. The van der Waals surface area contributed by atoms with Gasteiger partial charge in [-0.1, -0.05) is 23.8 Å². The van der Waals surface area contributed by atoms with Crippen LogP contribution in [-0.4, -0.2) is 36.2 Å². The highest BCUT2D eigenvalue weighted by Gasteiger charge is 2.39. The van der Waals surface area contributed by atoms with Gasteiger partial charge in [-0.2, -0.15) is 0 Å². The number of ether oxygens (including phenoxy) is 1. The zero-order chi connectivity index (χ0) is 22.9. The Labute approximate surface area is 181 Å². The summed E-state index contributed by atoms with van der Waals surface area (Å²) in [5.74, 6) is -2.10. The van der Waals surface area contributed by atoms with Crippen molar-refractivity contribution in [2.75, 3.05) is 13.7 Å². The smallest absolute Gasteiger partial charge is 0.330 e. The van der Waals surface area contributed by atoms with E-state index in [-0.39, 0.29) is 23.7 Å². The highest BCUT2D eigenvalue weighted by Crippen LogP contribution is 2.41. The van der Waals surface area contributed by atoms with Crippen LogP contribution < -0.4 is 0 Å². The molecule has 31 heavy (non-hydrogen) atoms. The summed E-state index contributed by atoms with van der Waals surface area (Å²) in [6, 6.07) is 7.32. The van der Waals surface area contributed by atoms with E-state index in [1.165, 1.54) is 39.2 Å². The summed E-state index contributed by atoms with van der Waals surface area (Å²) in [7, 11) is 1.22. The van der Waals surface area contributed by atoms with Crippen molar-refractivity contribution in [3.8, 4) is 0 Å². The highest BCUT2D eigenvalue weighted by atomic mass is 19.1. The first-order chi connectivity index (χ1) is 14.5. The molecule has 1 heterocycles. The number of carbonyl (C=O) groups excluding carboxylic acids is 1. The Bertz CT molecular complexity index is 987. The predicted octanol–water partition coefficient (Wildman–Crippen LogP) is 5.54. The van der Waals surface area contributed by atoms with Crippen LogP contribution in [0.15, 0.2) is 36.4 Å². The van der Waals surface area contributed by atoms with Crippen molar-refractivity contribution in [1.82, 2.24) is 4.90 Å². The zero-order valence-corrected chi connectivity index (χ0v) is 18.5. The third kappa shape index (κ3) is 5.18. The van der Waals surface area contributed by atoms with Gasteiger partial charge in [0, 0.05) is 24.2 Å². The summed E-state index contributed by atoms with van der Waals surface area (Å²) in [5.41, 5.74) is 1.41. The van der Waals surface area contributed by atoms with Gasteiger partial charge in [-0.15, -0.1) is 0 Å². The number of hydrogen-bond donors (Lipinski definition) is 0. The molecule has 2 aromatic carbocycles. The molecule has 1 aliphatic rings. The van der Waals surface area contributed by atoms with E-state index in [4.69, 9.17) is 0 Å². The van der Waals surface area contributed by atoms with E-state index in [1.54, 1.807) is 0 Å². The molecule has 0 aromatic heterocycles. The molecule has 2 atom stereocenters. The van der Waals surface area contributed by atoms with Crippen LogP contribution in [-0.2, 0) is 16.0 Å². The second-order valence-corrected chi connectivity index (χ2v) is 8.80. The van der Waals surface area contributed by atoms with Gasteiger partial charge in [-0.05, 0) is 69.0 Å². The third-order valence-corrected chi connectivity index (χ3v) is 5.55. The number of carbonyl (C=O) groups is 1. The van der Waals surface area contributed by atoms with Crippen LogP contribution in [0.3, 0.4) is 0 Å².